The maximum atomic E-state index is 14.0. The van der Waals surface area contributed by atoms with Crippen molar-refractivity contribution < 1.29 is 34.8 Å². The van der Waals surface area contributed by atoms with E-state index in [-0.39, 0.29) is 29.7 Å². The van der Waals surface area contributed by atoms with Crippen molar-refractivity contribution in [2.75, 3.05) is 33.1 Å². The number of aromatic nitrogens is 2. The van der Waals surface area contributed by atoms with Gasteiger partial charge in [0.05, 0.1) is 11.6 Å². The van der Waals surface area contributed by atoms with Crippen molar-refractivity contribution in [3.8, 4) is 16.9 Å². The number of phenols is 1. The highest BCUT2D eigenvalue weighted by Crippen LogP contribution is 2.54. The number of nitrogens with zero attached hydrogens (tertiary/aromatic N) is 4. The lowest BCUT2D eigenvalue weighted by Crippen LogP contribution is -2.63. The summed E-state index contributed by atoms with van der Waals surface area (Å²) in [6.07, 6.45) is 4.52. The molecule has 4 atom stereocenters. The van der Waals surface area contributed by atoms with Crippen LogP contribution in [-0.4, -0.2) is 92.6 Å². The van der Waals surface area contributed by atoms with Crippen LogP contribution in [0, 0.1) is 11.8 Å². The second-order valence-corrected chi connectivity index (χ2v) is 10.6. The van der Waals surface area contributed by atoms with Gasteiger partial charge in [-0.05, 0) is 44.5 Å². The molecule has 0 fully saturated rings. The Kier molecular flexibility index (Phi) is 6.00. The Bertz CT molecular complexity index is 1500. The van der Waals surface area contributed by atoms with Crippen LogP contribution in [0.3, 0.4) is 0 Å². The van der Waals surface area contributed by atoms with Gasteiger partial charge in [0.25, 0.3) is 5.91 Å². The van der Waals surface area contributed by atoms with Gasteiger partial charge in [-0.2, -0.15) is 0 Å². The molecule has 12 nitrogen and oxygen atoms in total. The van der Waals surface area contributed by atoms with Gasteiger partial charge >= 0.3 is 0 Å². The zero-order valence-electron chi connectivity index (χ0n) is 21.8. The van der Waals surface area contributed by atoms with Crippen molar-refractivity contribution in [3.05, 3.63) is 58.6 Å². The second-order valence-electron chi connectivity index (χ2n) is 10.6. The average Bonchev–Trinajstić information content (AvgIpc) is 2.86. The first kappa shape index (κ1) is 26.3. The number of aliphatic hydroxyl groups excluding tert-OH is 2. The fraction of sp³-hybridized carbons (Fsp3) is 0.370. The Morgan fingerprint density at radius 2 is 1.74 bits per heavy atom. The number of phenolic OH excluding ortho intramolecular Hbond substituents is 1. The number of aliphatic hydroxyl groups is 3. The highest BCUT2D eigenvalue weighted by molar-refractivity contribution is 6.25. The molecule has 1 amide bonds. The Morgan fingerprint density at radius 1 is 1.10 bits per heavy atom. The number of benzene rings is 1. The topological polar surface area (TPSA) is 190 Å². The molecule has 1 heterocycles. The van der Waals surface area contributed by atoms with E-state index in [0.717, 1.165) is 0 Å². The summed E-state index contributed by atoms with van der Waals surface area (Å²) in [5.74, 6) is -6.88. The van der Waals surface area contributed by atoms with E-state index in [1.165, 1.54) is 23.6 Å². The molecule has 3 aliphatic carbocycles. The summed E-state index contributed by atoms with van der Waals surface area (Å²) in [6, 6.07) is 0.687. The van der Waals surface area contributed by atoms with E-state index in [9.17, 15) is 34.8 Å². The first-order valence-electron chi connectivity index (χ1n) is 12.3. The highest BCUT2D eigenvalue weighted by Gasteiger charge is 2.63. The highest BCUT2D eigenvalue weighted by atomic mass is 16.3. The molecule has 0 bridgehead atoms. The van der Waals surface area contributed by atoms with Crippen molar-refractivity contribution in [1.29, 1.82) is 0 Å². The summed E-state index contributed by atoms with van der Waals surface area (Å²) in [5, 5.41) is 45.4. The first-order valence-corrected chi connectivity index (χ1v) is 12.3. The molecule has 0 spiro atoms. The van der Waals surface area contributed by atoms with E-state index in [1.807, 2.05) is 0 Å². The number of amides is 1. The number of likely N-dealkylation sites (N-methyl/N-ethyl adjacent to an activating group) is 1. The van der Waals surface area contributed by atoms with Gasteiger partial charge in [0, 0.05) is 54.8 Å². The number of fused-ring (bicyclic) bond motifs is 3. The fourth-order valence-electron chi connectivity index (χ4n) is 6.36. The molecule has 0 unspecified atom stereocenters. The van der Waals surface area contributed by atoms with Crippen LogP contribution in [0.4, 0.5) is 5.69 Å². The number of anilines is 1. The number of allylic oxidation sites excluding steroid dienone is 1. The predicted octanol–water partition coefficient (Wildman–Crippen LogP) is 0.644. The summed E-state index contributed by atoms with van der Waals surface area (Å²) in [6.45, 7) is 0. The normalized spacial score (nSPS) is 26.4. The van der Waals surface area contributed by atoms with Crippen molar-refractivity contribution >= 4 is 23.2 Å². The molecule has 204 valence electrons. The Hall–Kier alpha value is -4.29. The largest absolute Gasteiger partial charge is 0.510 e. The van der Waals surface area contributed by atoms with Crippen LogP contribution < -0.4 is 10.6 Å². The molecular formula is C27H29N5O7. The van der Waals surface area contributed by atoms with Crippen LogP contribution >= 0.6 is 0 Å². The number of ketones is 2. The summed E-state index contributed by atoms with van der Waals surface area (Å²) in [5.41, 5.74) is 3.51. The maximum absolute atomic E-state index is 14.0. The lowest BCUT2D eigenvalue weighted by atomic mass is 9.58. The Morgan fingerprint density at radius 3 is 2.31 bits per heavy atom. The van der Waals surface area contributed by atoms with E-state index in [2.05, 4.69) is 9.97 Å². The van der Waals surface area contributed by atoms with Gasteiger partial charge < -0.3 is 31.1 Å². The van der Waals surface area contributed by atoms with E-state index >= 15 is 0 Å². The molecule has 1 aromatic heterocycles. The van der Waals surface area contributed by atoms with Gasteiger partial charge in [-0.3, -0.25) is 19.3 Å². The van der Waals surface area contributed by atoms with Crippen LogP contribution in [0.2, 0.25) is 0 Å². The number of aromatic hydroxyl groups is 1. The molecular weight excluding hydrogens is 506 g/mol. The molecule has 39 heavy (non-hydrogen) atoms. The van der Waals surface area contributed by atoms with Crippen LogP contribution in [0.1, 0.15) is 22.3 Å². The average molecular weight is 536 g/mol. The third-order valence-electron chi connectivity index (χ3n) is 8.05. The number of hydrogen-bond acceptors (Lipinski definition) is 11. The molecule has 6 N–H and O–H groups in total. The molecule has 0 radical (unpaired) electrons. The molecule has 1 aromatic carbocycles. The van der Waals surface area contributed by atoms with Gasteiger partial charge in [0.15, 0.2) is 11.4 Å². The molecule has 0 aliphatic heterocycles. The number of nitrogens with two attached hydrogens (primary N) is 1. The van der Waals surface area contributed by atoms with E-state index in [1.54, 1.807) is 39.2 Å². The minimum absolute atomic E-state index is 0.0215. The number of carbonyl (C=O) groups excluding carboxylic acids is 3. The van der Waals surface area contributed by atoms with Crippen molar-refractivity contribution in [2.45, 2.75) is 24.5 Å². The quantitative estimate of drug-likeness (QED) is 0.345. The number of primary amides is 1. The van der Waals surface area contributed by atoms with E-state index in [4.69, 9.17) is 5.73 Å². The third kappa shape index (κ3) is 3.55. The Labute approximate surface area is 223 Å². The van der Waals surface area contributed by atoms with Crippen molar-refractivity contribution in [3.63, 3.8) is 0 Å². The number of carbonyl (C=O) groups is 3. The van der Waals surface area contributed by atoms with Crippen molar-refractivity contribution in [2.24, 2.45) is 17.6 Å². The minimum atomic E-state index is -2.69. The smallest absolute Gasteiger partial charge is 0.255 e. The number of rotatable bonds is 4. The summed E-state index contributed by atoms with van der Waals surface area (Å²) in [4.78, 5) is 50.9. The standard InChI is InChI=1S/C27H29N5O7/c1-31(2)16-7-13(12-8-29-10-30-9-12)21(33)18-14(16)5-11-6-15-20(32(3)4)23(35)19(26(28)38)25(37)27(15,39)24(36)17(11)22(18)34/h7-11,15,20,33,35-36,39H,5-6H2,1-4H3,(H2,28,38)/t11-,15-,20-,27-/m0/s1. The first-order chi connectivity index (χ1) is 18.3. The summed E-state index contributed by atoms with van der Waals surface area (Å²) < 4.78 is 0. The van der Waals surface area contributed by atoms with E-state index in [0.29, 0.717) is 22.4 Å². The zero-order chi connectivity index (χ0) is 28.5. The SMILES string of the molecule is CN(C)c1cc(-c2cncnc2)c(O)c2c1C[C@H]1C[C@H]3[C@H](N(C)C)C(O)=C(C(N)=O)C(=O)[C@@]3(O)C(O)=C1C2=O. The minimum Gasteiger partial charge on any atom is -0.510 e. The molecule has 3 aliphatic rings. The van der Waals surface area contributed by atoms with E-state index < -0.39 is 58.0 Å². The van der Waals surface area contributed by atoms with Gasteiger partial charge in [-0.1, -0.05) is 0 Å². The predicted molar refractivity (Wildman–Crippen MR) is 139 cm³/mol. The summed E-state index contributed by atoms with van der Waals surface area (Å²) >= 11 is 0. The third-order valence-corrected chi connectivity index (χ3v) is 8.05. The monoisotopic (exact) mass is 535 g/mol. The zero-order valence-corrected chi connectivity index (χ0v) is 21.8. The van der Waals surface area contributed by atoms with Gasteiger partial charge in [-0.15, -0.1) is 0 Å². The van der Waals surface area contributed by atoms with Gasteiger partial charge in [0.1, 0.15) is 29.2 Å². The van der Waals surface area contributed by atoms with Crippen LogP contribution in [0.15, 0.2) is 47.5 Å². The molecule has 2 aromatic rings. The molecule has 12 heteroatoms. The number of Topliss-reactive ketones (excluding diaryl/α,β-unsaturated/α-hetero) is 2. The molecule has 0 saturated carbocycles. The molecule has 0 saturated heterocycles. The van der Waals surface area contributed by atoms with Crippen LogP contribution in [0.5, 0.6) is 5.75 Å². The van der Waals surface area contributed by atoms with Crippen LogP contribution in [0.25, 0.3) is 11.1 Å². The van der Waals surface area contributed by atoms with Gasteiger partial charge in [0.2, 0.25) is 5.78 Å². The van der Waals surface area contributed by atoms with Gasteiger partial charge in [-0.25, -0.2) is 9.97 Å². The number of hydrogen-bond donors (Lipinski definition) is 5. The lowest BCUT2D eigenvalue weighted by Gasteiger charge is -2.50. The fourth-order valence-corrected chi connectivity index (χ4v) is 6.36. The van der Waals surface area contributed by atoms with Crippen molar-refractivity contribution in [1.82, 2.24) is 14.9 Å². The lowest BCUT2D eigenvalue weighted by molar-refractivity contribution is -0.148. The molecule has 5 rings (SSSR count). The summed E-state index contributed by atoms with van der Waals surface area (Å²) in [7, 11) is 6.76. The Balaban J connectivity index is 1.76. The van der Waals surface area contributed by atoms with Crippen LogP contribution in [-0.2, 0) is 16.0 Å². The maximum Gasteiger partial charge on any atom is 0.255 e. The second kappa shape index (κ2) is 8.89.